The zero-order valence-electron chi connectivity index (χ0n) is 12.7. The van der Waals surface area contributed by atoms with Gasteiger partial charge in [0.25, 0.3) is 10.0 Å². The van der Waals surface area contributed by atoms with Gasteiger partial charge in [0.2, 0.25) is 0 Å². The normalized spacial score (nSPS) is 12.4. The molecule has 1 aromatic rings. The molecule has 5 nitrogen and oxygen atoms in total. The average molecular weight is 299 g/mol. The predicted octanol–water partition coefficient (Wildman–Crippen LogP) is 2.76. The van der Waals surface area contributed by atoms with Gasteiger partial charge in [-0.2, -0.15) is 0 Å². The van der Waals surface area contributed by atoms with Crippen LogP contribution in [0.1, 0.15) is 47.0 Å². The number of hydrogen-bond acceptors (Lipinski definition) is 4. The molecule has 0 saturated carbocycles. The van der Waals surface area contributed by atoms with Crippen molar-refractivity contribution in [3.05, 3.63) is 18.3 Å². The zero-order valence-corrected chi connectivity index (χ0v) is 13.5. The third-order valence-corrected chi connectivity index (χ3v) is 4.53. The molecule has 2 N–H and O–H groups in total. The maximum absolute atomic E-state index is 12.5. The molecular formula is C14H25N3O2S. The maximum atomic E-state index is 12.5. The lowest BCUT2D eigenvalue weighted by molar-refractivity contribution is 0.417. The molecule has 6 heteroatoms. The van der Waals surface area contributed by atoms with Gasteiger partial charge in [0, 0.05) is 18.3 Å². The molecule has 0 aromatic carbocycles. The van der Waals surface area contributed by atoms with Crippen LogP contribution in [0.4, 0.5) is 5.69 Å². The van der Waals surface area contributed by atoms with Gasteiger partial charge in [-0.05, 0) is 38.8 Å². The first-order valence-corrected chi connectivity index (χ1v) is 8.53. The summed E-state index contributed by atoms with van der Waals surface area (Å²) in [4.78, 5) is 4.03. The van der Waals surface area contributed by atoms with E-state index in [9.17, 15) is 8.42 Å². The Morgan fingerprint density at radius 2 is 1.95 bits per heavy atom. The van der Waals surface area contributed by atoms with Crippen LogP contribution in [0.15, 0.2) is 23.4 Å². The Bertz CT molecular complexity index is 527. The highest BCUT2D eigenvalue weighted by molar-refractivity contribution is 7.89. The van der Waals surface area contributed by atoms with Gasteiger partial charge in [0.05, 0.1) is 5.69 Å². The summed E-state index contributed by atoms with van der Waals surface area (Å²) < 4.78 is 27.7. The summed E-state index contributed by atoms with van der Waals surface area (Å²) in [7, 11) is -3.62. The van der Waals surface area contributed by atoms with Crippen molar-refractivity contribution < 1.29 is 8.42 Å². The molecule has 114 valence electrons. The van der Waals surface area contributed by atoms with Gasteiger partial charge in [0.1, 0.15) is 0 Å². The summed E-state index contributed by atoms with van der Waals surface area (Å²) in [6.07, 6.45) is 4.11. The molecule has 20 heavy (non-hydrogen) atoms. The Kier molecular flexibility index (Phi) is 5.95. The SMILES string of the molecule is CCCNc1cccnc1S(=O)(=O)NC(C)(C)CCC. The molecule has 0 aliphatic carbocycles. The van der Waals surface area contributed by atoms with E-state index in [1.54, 1.807) is 12.1 Å². The smallest absolute Gasteiger partial charge is 0.260 e. The molecule has 0 radical (unpaired) electrons. The lowest BCUT2D eigenvalue weighted by Gasteiger charge is -2.25. The second kappa shape index (κ2) is 7.04. The minimum absolute atomic E-state index is 0.0672. The van der Waals surface area contributed by atoms with Crippen molar-refractivity contribution in [2.45, 2.75) is 57.5 Å². The molecule has 0 bridgehead atoms. The fourth-order valence-corrected chi connectivity index (χ4v) is 3.64. The number of pyridine rings is 1. The first-order chi connectivity index (χ1) is 9.32. The van der Waals surface area contributed by atoms with E-state index in [0.29, 0.717) is 12.2 Å². The van der Waals surface area contributed by atoms with Crippen LogP contribution in [0.3, 0.4) is 0 Å². The van der Waals surface area contributed by atoms with Gasteiger partial charge < -0.3 is 5.32 Å². The van der Waals surface area contributed by atoms with E-state index in [4.69, 9.17) is 0 Å². The van der Waals surface area contributed by atoms with Gasteiger partial charge in [-0.25, -0.2) is 18.1 Å². The van der Waals surface area contributed by atoms with Crippen molar-refractivity contribution in [3.8, 4) is 0 Å². The van der Waals surface area contributed by atoms with Crippen LogP contribution >= 0.6 is 0 Å². The number of nitrogens with zero attached hydrogens (tertiary/aromatic N) is 1. The maximum Gasteiger partial charge on any atom is 0.260 e. The summed E-state index contributed by atoms with van der Waals surface area (Å²) in [5, 5.41) is 3.17. The molecule has 1 heterocycles. The van der Waals surface area contributed by atoms with Crippen LogP contribution in [0.25, 0.3) is 0 Å². The van der Waals surface area contributed by atoms with E-state index in [-0.39, 0.29) is 5.03 Å². The summed E-state index contributed by atoms with van der Waals surface area (Å²) in [6, 6.07) is 3.47. The molecule has 1 rings (SSSR count). The number of sulfonamides is 1. The van der Waals surface area contributed by atoms with Crippen LogP contribution in [-0.2, 0) is 10.0 Å². The number of nitrogens with one attached hydrogen (secondary N) is 2. The van der Waals surface area contributed by atoms with E-state index in [2.05, 4.69) is 15.0 Å². The molecule has 0 fully saturated rings. The van der Waals surface area contributed by atoms with E-state index in [0.717, 1.165) is 19.3 Å². The largest absolute Gasteiger partial charge is 0.383 e. The number of hydrogen-bond donors (Lipinski definition) is 2. The van der Waals surface area contributed by atoms with Crippen molar-refractivity contribution in [3.63, 3.8) is 0 Å². The van der Waals surface area contributed by atoms with E-state index < -0.39 is 15.6 Å². The van der Waals surface area contributed by atoms with E-state index in [1.807, 2.05) is 27.7 Å². The van der Waals surface area contributed by atoms with E-state index in [1.165, 1.54) is 6.20 Å². The molecule has 0 saturated heterocycles. The first kappa shape index (κ1) is 16.9. The Balaban J connectivity index is 3.03. The van der Waals surface area contributed by atoms with Crippen molar-refractivity contribution in [2.75, 3.05) is 11.9 Å². The summed E-state index contributed by atoms with van der Waals surface area (Å²) in [5.74, 6) is 0. The molecule has 0 spiro atoms. The van der Waals surface area contributed by atoms with Gasteiger partial charge in [-0.15, -0.1) is 0 Å². The zero-order chi connectivity index (χ0) is 15.2. The third-order valence-electron chi connectivity index (χ3n) is 2.88. The van der Waals surface area contributed by atoms with Gasteiger partial charge >= 0.3 is 0 Å². The summed E-state index contributed by atoms with van der Waals surface area (Å²) >= 11 is 0. The summed E-state index contributed by atoms with van der Waals surface area (Å²) in [6.45, 7) is 8.55. The highest BCUT2D eigenvalue weighted by atomic mass is 32.2. The van der Waals surface area contributed by atoms with Crippen LogP contribution in [0.5, 0.6) is 0 Å². The fourth-order valence-electron chi connectivity index (χ4n) is 2.09. The summed E-state index contributed by atoms with van der Waals surface area (Å²) in [5.41, 5.74) is 0.0711. The van der Waals surface area contributed by atoms with Crippen LogP contribution in [0.2, 0.25) is 0 Å². The average Bonchev–Trinajstić information content (AvgIpc) is 2.35. The first-order valence-electron chi connectivity index (χ1n) is 7.05. The van der Waals surface area contributed by atoms with Crippen molar-refractivity contribution in [1.82, 2.24) is 9.71 Å². The van der Waals surface area contributed by atoms with Crippen molar-refractivity contribution in [1.29, 1.82) is 0 Å². The molecular weight excluding hydrogens is 274 g/mol. The number of rotatable bonds is 8. The van der Waals surface area contributed by atoms with Crippen molar-refractivity contribution >= 4 is 15.7 Å². The molecule has 0 amide bonds. The van der Waals surface area contributed by atoms with Gasteiger partial charge in [-0.3, -0.25) is 0 Å². The quantitative estimate of drug-likeness (QED) is 0.774. The van der Waals surface area contributed by atoms with Crippen molar-refractivity contribution in [2.24, 2.45) is 0 Å². The standard InChI is InChI=1S/C14H25N3O2S/c1-5-9-14(3,4)17-20(18,19)13-12(15-10-6-2)8-7-11-16-13/h7-8,11,15,17H,5-6,9-10H2,1-4H3. The highest BCUT2D eigenvalue weighted by Crippen LogP contribution is 2.21. The molecule has 0 aliphatic heterocycles. The van der Waals surface area contributed by atoms with Crippen LogP contribution < -0.4 is 10.0 Å². The van der Waals surface area contributed by atoms with Gasteiger partial charge in [-0.1, -0.05) is 20.3 Å². The fraction of sp³-hybridized carbons (Fsp3) is 0.643. The Morgan fingerprint density at radius 1 is 1.25 bits per heavy atom. The minimum Gasteiger partial charge on any atom is -0.383 e. The lowest BCUT2D eigenvalue weighted by atomic mass is 10.0. The topological polar surface area (TPSA) is 71.1 Å². The molecule has 0 aliphatic rings. The minimum atomic E-state index is -3.62. The Labute approximate surface area is 122 Å². The van der Waals surface area contributed by atoms with Gasteiger partial charge in [0.15, 0.2) is 5.03 Å². The third kappa shape index (κ3) is 4.76. The Morgan fingerprint density at radius 3 is 2.55 bits per heavy atom. The lowest BCUT2D eigenvalue weighted by Crippen LogP contribution is -2.43. The van der Waals surface area contributed by atoms with E-state index >= 15 is 0 Å². The number of anilines is 1. The van der Waals surface area contributed by atoms with Crippen LogP contribution in [0, 0.1) is 0 Å². The second-order valence-corrected chi connectivity index (χ2v) is 7.12. The highest BCUT2D eigenvalue weighted by Gasteiger charge is 2.28. The Hall–Kier alpha value is -1.14. The number of aromatic nitrogens is 1. The second-order valence-electron chi connectivity index (χ2n) is 5.52. The predicted molar refractivity (Wildman–Crippen MR) is 82.3 cm³/mol. The van der Waals surface area contributed by atoms with Crippen LogP contribution in [-0.4, -0.2) is 25.5 Å². The molecule has 1 aromatic heterocycles. The monoisotopic (exact) mass is 299 g/mol. The molecule has 0 atom stereocenters. The molecule has 0 unspecified atom stereocenters.